The third-order valence-corrected chi connectivity index (χ3v) is 6.99. The Balaban J connectivity index is 1.26. The summed E-state index contributed by atoms with van der Waals surface area (Å²) >= 11 is 0. The first kappa shape index (κ1) is 23.0. The van der Waals surface area contributed by atoms with Gasteiger partial charge in [-0.3, -0.25) is 4.79 Å². The maximum atomic E-state index is 15.1. The lowest BCUT2D eigenvalue weighted by Crippen LogP contribution is -2.18. The zero-order chi connectivity index (χ0) is 24.4. The monoisotopic (exact) mass is 473 g/mol. The smallest absolute Gasteiger partial charge is 0.303 e. The van der Waals surface area contributed by atoms with Gasteiger partial charge in [-0.15, -0.1) is 0 Å². The Bertz CT molecular complexity index is 1340. The van der Waals surface area contributed by atoms with Crippen LogP contribution in [0.5, 0.6) is 5.88 Å². The fourth-order valence-corrected chi connectivity index (χ4v) is 5.06. The molecular formula is C28H28FN3O3. The van der Waals surface area contributed by atoms with Gasteiger partial charge < -0.3 is 14.8 Å². The molecular weight excluding hydrogens is 445 g/mol. The largest absolute Gasteiger partial charge is 0.481 e. The van der Waals surface area contributed by atoms with Crippen LogP contribution >= 0.6 is 0 Å². The van der Waals surface area contributed by atoms with Crippen LogP contribution in [0.4, 0.5) is 4.39 Å². The van der Waals surface area contributed by atoms with Gasteiger partial charge in [0.15, 0.2) is 5.65 Å². The number of ether oxygens (including phenoxy) is 1. The van der Waals surface area contributed by atoms with Gasteiger partial charge in [-0.1, -0.05) is 30.3 Å². The Morgan fingerprint density at radius 3 is 2.40 bits per heavy atom. The number of rotatable bonds is 7. The van der Waals surface area contributed by atoms with Gasteiger partial charge in [0.2, 0.25) is 5.88 Å². The molecule has 1 saturated carbocycles. The Morgan fingerprint density at radius 1 is 1.00 bits per heavy atom. The van der Waals surface area contributed by atoms with E-state index in [0.29, 0.717) is 41.2 Å². The molecule has 0 unspecified atom stereocenters. The molecule has 0 radical (unpaired) electrons. The first-order chi connectivity index (χ1) is 17.0. The van der Waals surface area contributed by atoms with Crippen LogP contribution in [0.15, 0.2) is 54.6 Å². The Hall–Kier alpha value is -3.74. The van der Waals surface area contributed by atoms with E-state index in [0.717, 1.165) is 48.7 Å². The standard InChI is InChI=1S/C28H28FN3O3/c1-35-25-13-12-24-28(31-25)32-27(30-24)22-11-10-21(16-23(22)29)20-8-6-18(7-9-20)14-17-2-4-19(5-3-17)15-26(33)34/h6-13,16-17,19H,2-5,14-15H2,1H3,(H,33,34)(H,30,31,32). The lowest BCUT2D eigenvalue weighted by Gasteiger charge is -2.27. The van der Waals surface area contributed by atoms with Crippen molar-refractivity contribution in [2.75, 3.05) is 7.11 Å². The maximum absolute atomic E-state index is 15.1. The van der Waals surface area contributed by atoms with Crippen molar-refractivity contribution in [1.29, 1.82) is 0 Å². The molecule has 4 aromatic rings. The van der Waals surface area contributed by atoms with E-state index in [9.17, 15) is 4.79 Å². The number of benzene rings is 2. The van der Waals surface area contributed by atoms with Crippen molar-refractivity contribution in [3.63, 3.8) is 0 Å². The molecule has 6 nitrogen and oxygen atoms in total. The maximum Gasteiger partial charge on any atom is 0.303 e. The summed E-state index contributed by atoms with van der Waals surface area (Å²) in [7, 11) is 1.54. The average Bonchev–Trinajstić information content (AvgIpc) is 3.28. The van der Waals surface area contributed by atoms with Crippen LogP contribution in [0.1, 0.15) is 37.7 Å². The van der Waals surface area contributed by atoms with Crippen LogP contribution in [-0.2, 0) is 11.2 Å². The number of carboxylic acids is 1. The number of nitrogens with one attached hydrogen (secondary N) is 1. The van der Waals surface area contributed by atoms with Crippen molar-refractivity contribution in [3.8, 4) is 28.4 Å². The molecule has 0 spiro atoms. The molecule has 35 heavy (non-hydrogen) atoms. The van der Waals surface area contributed by atoms with E-state index in [1.54, 1.807) is 19.2 Å². The predicted octanol–water partition coefficient (Wildman–Crippen LogP) is 6.26. The SMILES string of the molecule is COc1ccc2[nH]c(-c3ccc(-c4ccc(CC5CCC(CC(=O)O)CC5)cc4)cc3F)nc2n1. The Labute approximate surface area is 203 Å². The van der Waals surface area contributed by atoms with E-state index in [-0.39, 0.29) is 5.82 Å². The molecule has 0 aliphatic heterocycles. The lowest BCUT2D eigenvalue weighted by atomic mass is 9.78. The van der Waals surface area contributed by atoms with Crippen LogP contribution in [0.25, 0.3) is 33.7 Å². The van der Waals surface area contributed by atoms with Gasteiger partial charge in [-0.25, -0.2) is 9.37 Å². The van der Waals surface area contributed by atoms with Gasteiger partial charge >= 0.3 is 5.97 Å². The first-order valence-electron chi connectivity index (χ1n) is 12.0. The summed E-state index contributed by atoms with van der Waals surface area (Å²) in [5.74, 6) is 0.766. The number of hydrogen-bond donors (Lipinski definition) is 2. The molecule has 180 valence electrons. The Morgan fingerprint density at radius 2 is 1.71 bits per heavy atom. The summed E-state index contributed by atoms with van der Waals surface area (Å²) in [6, 6.07) is 17.0. The second-order valence-corrected chi connectivity index (χ2v) is 9.39. The molecule has 2 aromatic carbocycles. The van der Waals surface area contributed by atoms with Crippen molar-refractivity contribution in [2.24, 2.45) is 11.8 Å². The lowest BCUT2D eigenvalue weighted by molar-refractivity contribution is -0.138. The zero-order valence-electron chi connectivity index (χ0n) is 19.6. The molecule has 2 heterocycles. The second-order valence-electron chi connectivity index (χ2n) is 9.39. The topological polar surface area (TPSA) is 88.1 Å². The minimum absolute atomic E-state index is 0.290. The number of fused-ring (bicyclic) bond motifs is 1. The highest BCUT2D eigenvalue weighted by Crippen LogP contribution is 2.33. The summed E-state index contributed by atoms with van der Waals surface area (Å²) < 4.78 is 20.2. The van der Waals surface area contributed by atoms with Crippen molar-refractivity contribution < 1.29 is 19.0 Å². The number of carbonyl (C=O) groups is 1. The van der Waals surface area contributed by atoms with Gasteiger partial charge in [0.1, 0.15) is 11.6 Å². The van der Waals surface area contributed by atoms with Gasteiger partial charge in [-0.2, -0.15) is 4.98 Å². The predicted molar refractivity (Wildman–Crippen MR) is 133 cm³/mol. The fourth-order valence-electron chi connectivity index (χ4n) is 5.06. The third-order valence-electron chi connectivity index (χ3n) is 6.99. The molecule has 5 rings (SSSR count). The second kappa shape index (κ2) is 9.86. The van der Waals surface area contributed by atoms with E-state index in [2.05, 4.69) is 27.1 Å². The van der Waals surface area contributed by atoms with Gasteiger partial charge in [0.05, 0.1) is 18.2 Å². The molecule has 2 N–H and O–H groups in total. The number of nitrogens with zero attached hydrogens (tertiary/aromatic N) is 2. The number of halogens is 1. The number of aromatic nitrogens is 3. The summed E-state index contributed by atoms with van der Waals surface area (Å²) in [4.78, 5) is 22.8. The summed E-state index contributed by atoms with van der Waals surface area (Å²) in [6.45, 7) is 0. The van der Waals surface area contributed by atoms with E-state index < -0.39 is 5.97 Å². The number of H-pyrrole nitrogens is 1. The highest BCUT2D eigenvalue weighted by atomic mass is 19.1. The van der Waals surface area contributed by atoms with Crippen LogP contribution in [0.3, 0.4) is 0 Å². The van der Waals surface area contributed by atoms with Crippen molar-refractivity contribution in [2.45, 2.75) is 38.5 Å². The number of hydrogen-bond acceptors (Lipinski definition) is 4. The molecule has 1 aliphatic carbocycles. The molecule has 0 bridgehead atoms. The number of imidazole rings is 1. The number of aliphatic carboxylic acids is 1. The molecule has 0 amide bonds. The highest BCUT2D eigenvalue weighted by molar-refractivity contribution is 5.77. The van der Waals surface area contributed by atoms with E-state index >= 15 is 4.39 Å². The number of pyridine rings is 1. The fraction of sp³-hybridized carbons (Fsp3) is 0.321. The number of aromatic amines is 1. The normalized spacial score (nSPS) is 18.0. The van der Waals surface area contributed by atoms with Crippen LogP contribution in [0, 0.1) is 17.7 Å². The number of methoxy groups -OCH3 is 1. The average molecular weight is 474 g/mol. The molecule has 0 saturated heterocycles. The van der Waals surface area contributed by atoms with Gasteiger partial charge in [-0.05, 0) is 78.8 Å². The molecule has 0 atom stereocenters. The van der Waals surface area contributed by atoms with Crippen LogP contribution in [0.2, 0.25) is 0 Å². The van der Waals surface area contributed by atoms with Crippen molar-refractivity contribution >= 4 is 17.1 Å². The Kier molecular flexibility index (Phi) is 6.49. The van der Waals surface area contributed by atoms with Gasteiger partial charge in [0, 0.05) is 12.5 Å². The van der Waals surface area contributed by atoms with E-state index in [1.807, 2.05) is 24.3 Å². The van der Waals surface area contributed by atoms with Crippen molar-refractivity contribution in [1.82, 2.24) is 15.0 Å². The third kappa shape index (κ3) is 5.19. The van der Waals surface area contributed by atoms with E-state index in [1.165, 1.54) is 11.6 Å². The quantitative estimate of drug-likeness (QED) is 0.331. The van der Waals surface area contributed by atoms with Gasteiger partial charge in [0.25, 0.3) is 0 Å². The number of carboxylic acid groups (broad SMARTS) is 1. The minimum atomic E-state index is -0.691. The summed E-state index contributed by atoms with van der Waals surface area (Å²) in [6.07, 6.45) is 5.44. The highest BCUT2D eigenvalue weighted by Gasteiger charge is 2.23. The molecule has 2 aromatic heterocycles. The van der Waals surface area contributed by atoms with E-state index in [4.69, 9.17) is 9.84 Å². The molecule has 1 fully saturated rings. The summed E-state index contributed by atoms with van der Waals surface area (Å²) in [5, 5.41) is 8.99. The molecule has 7 heteroatoms. The van der Waals surface area contributed by atoms with Crippen LogP contribution in [-0.4, -0.2) is 33.1 Å². The zero-order valence-corrected chi connectivity index (χ0v) is 19.6. The van der Waals surface area contributed by atoms with Crippen molar-refractivity contribution in [3.05, 3.63) is 66.0 Å². The van der Waals surface area contributed by atoms with Crippen LogP contribution < -0.4 is 4.74 Å². The first-order valence-corrected chi connectivity index (χ1v) is 12.0. The molecule has 1 aliphatic rings. The minimum Gasteiger partial charge on any atom is -0.481 e. The summed E-state index contributed by atoms with van der Waals surface area (Å²) in [5.41, 5.74) is 4.62.